The first-order valence-corrected chi connectivity index (χ1v) is 10.5. The molecule has 0 saturated carbocycles. The van der Waals surface area contributed by atoms with Gasteiger partial charge in [0.15, 0.2) is 22.1 Å². The fourth-order valence-electron chi connectivity index (χ4n) is 2.68. The fraction of sp³-hybridized carbons (Fsp3) is 0. The summed E-state index contributed by atoms with van der Waals surface area (Å²) in [6, 6.07) is 18.2. The number of aromatic amines is 4. The number of hydrogen-bond donors (Lipinski definition) is 3. The minimum atomic E-state index is -4.73. The Morgan fingerprint density at radius 3 is 1.76 bits per heavy atom. The van der Waals surface area contributed by atoms with Gasteiger partial charge in [0, 0.05) is 0 Å². The van der Waals surface area contributed by atoms with Crippen LogP contribution in [0.25, 0.3) is 22.1 Å². The van der Waals surface area contributed by atoms with Crippen molar-refractivity contribution in [1.82, 2.24) is 9.97 Å². The largest absolute Gasteiger partial charge is 0.872 e. The van der Waals surface area contributed by atoms with Gasteiger partial charge in [0.05, 0.1) is 10.5 Å². The van der Waals surface area contributed by atoms with Gasteiger partial charge in [-0.25, -0.2) is 33.1 Å². The summed E-state index contributed by atoms with van der Waals surface area (Å²) in [5, 5.41) is 19.3. The Bertz CT molecular complexity index is 1340. The second-order valence-corrected chi connectivity index (χ2v) is 7.75. The van der Waals surface area contributed by atoms with Crippen LogP contribution in [0.4, 0.5) is 0 Å². The Labute approximate surface area is 187 Å². The molecular formula is C21H20N4O7S. The second kappa shape index (κ2) is 10.9. The lowest BCUT2D eigenvalue weighted by atomic mass is 10.2. The van der Waals surface area contributed by atoms with E-state index in [1.165, 1.54) is 0 Å². The predicted octanol–water partition coefficient (Wildman–Crippen LogP) is 0.502. The van der Waals surface area contributed by atoms with Gasteiger partial charge < -0.3 is 20.2 Å². The van der Waals surface area contributed by atoms with Gasteiger partial charge in [0.25, 0.3) is 0 Å². The van der Waals surface area contributed by atoms with E-state index in [9.17, 15) is 22.9 Å². The number of fused-ring (bicyclic) bond motifs is 2. The number of hydrogen-bond acceptors (Lipinski definition) is 5. The van der Waals surface area contributed by atoms with Gasteiger partial charge >= 0.3 is 5.97 Å². The molecule has 0 unspecified atom stereocenters. The number of aromatic carboxylic acids is 1. The third kappa shape index (κ3) is 6.61. The molecule has 0 bridgehead atoms. The molecular weight excluding hydrogens is 452 g/mol. The number of benzene rings is 3. The minimum Gasteiger partial charge on any atom is -0.872 e. The van der Waals surface area contributed by atoms with Crippen molar-refractivity contribution in [3.63, 3.8) is 0 Å². The summed E-state index contributed by atoms with van der Waals surface area (Å²) in [5.41, 5.74) is 3.87. The van der Waals surface area contributed by atoms with Gasteiger partial charge in [-0.15, -0.1) is 0 Å². The van der Waals surface area contributed by atoms with E-state index >= 15 is 0 Å². The summed E-state index contributed by atoms with van der Waals surface area (Å²) < 4.78 is 31.4. The first-order valence-electron chi connectivity index (χ1n) is 9.13. The SMILES string of the molecule is O.O=C(O)c1cc(S(=O)(=O)[O-])ccc1[O-].c1ccc2[nH+]c[nH]c2c1.c1ccc2[nH+]c[nH]c2c1. The number of rotatable bonds is 2. The normalized spacial score (nSPS) is 10.3. The van der Waals surface area contributed by atoms with Gasteiger partial charge in [-0.3, -0.25) is 0 Å². The molecule has 0 radical (unpaired) electrons. The highest BCUT2D eigenvalue weighted by molar-refractivity contribution is 7.85. The van der Waals surface area contributed by atoms with E-state index < -0.39 is 32.3 Å². The Hall–Kier alpha value is -4.26. The van der Waals surface area contributed by atoms with Crippen LogP contribution in [0, 0.1) is 0 Å². The quantitative estimate of drug-likeness (QED) is 0.311. The zero-order chi connectivity index (χ0) is 23.1. The summed E-state index contributed by atoms with van der Waals surface area (Å²) in [4.78, 5) is 21.9. The lowest BCUT2D eigenvalue weighted by Crippen LogP contribution is -2.07. The topological polar surface area (TPSA) is 209 Å². The molecule has 0 spiro atoms. The van der Waals surface area contributed by atoms with Gasteiger partial charge in [-0.05, 0) is 36.4 Å². The number of carboxylic acid groups (broad SMARTS) is 1. The van der Waals surface area contributed by atoms with E-state index in [0.29, 0.717) is 6.07 Å². The van der Waals surface area contributed by atoms with E-state index in [2.05, 4.69) is 19.9 Å². The summed E-state index contributed by atoms with van der Waals surface area (Å²) in [5.74, 6) is -2.41. The number of imidazole rings is 2. The Morgan fingerprint density at radius 2 is 1.33 bits per heavy atom. The van der Waals surface area contributed by atoms with Crippen LogP contribution in [0.3, 0.4) is 0 Å². The zero-order valence-corrected chi connectivity index (χ0v) is 17.7. The molecule has 172 valence electrons. The van der Waals surface area contributed by atoms with E-state index in [1.54, 1.807) is 0 Å². The molecule has 0 atom stereocenters. The first kappa shape index (κ1) is 25.0. The lowest BCUT2D eigenvalue weighted by Gasteiger charge is -2.13. The van der Waals surface area contributed by atoms with Gasteiger partial charge in [0.2, 0.25) is 12.7 Å². The molecule has 0 aliphatic rings. The van der Waals surface area contributed by atoms with Crippen molar-refractivity contribution in [2.75, 3.05) is 0 Å². The molecule has 33 heavy (non-hydrogen) atoms. The minimum absolute atomic E-state index is 0. The average Bonchev–Trinajstić information content (AvgIpc) is 3.43. The highest BCUT2D eigenvalue weighted by Crippen LogP contribution is 2.18. The van der Waals surface area contributed by atoms with Crippen molar-refractivity contribution >= 4 is 38.2 Å². The Kier molecular flexibility index (Phi) is 8.23. The number of carbonyl (C=O) groups is 1. The maximum absolute atomic E-state index is 10.9. The number of aromatic nitrogens is 4. The van der Waals surface area contributed by atoms with Crippen LogP contribution in [0.5, 0.6) is 5.75 Å². The van der Waals surface area contributed by atoms with Crippen molar-refractivity contribution in [3.8, 4) is 5.75 Å². The molecule has 2 heterocycles. The molecule has 0 amide bonds. The van der Waals surface area contributed by atoms with E-state index in [0.717, 1.165) is 34.2 Å². The van der Waals surface area contributed by atoms with Crippen LogP contribution >= 0.6 is 0 Å². The summed E-state index contributed by atoms with van der Waals surface area (Å²) >= 11 is 0. The lowest BCUT2D eigenvalue weighted by molar-refractivity contribution is -0.344. The molecule has 2 aromatic heterocycles. The molecule has 0 fully saturated rings. The summed E-state index contributed by atoms with van der Waals surface area (Å²) in [7, 11) is -4.73. The third-order valence-corrected chi connectivity index (χ3v) is 5.07. The maximum Gasteiger partial charge on any atom is 0.335 e. The molecule has 3 aromatic carbocycles. The molecule has 0 aliphatic heterocycles. The van der Waals surface area contributed by atoms with Crippen LogP contribution in [-0.4, -0.2) is 39.5 Å². The van der Waals surface area contributed by atoms with Crippen LogP contribution in [0.15, 0.2) is 84.3 Å². The molecule has 5 aromatic rings. The fourth-order valence-corrected chi connectivity index (χ4v) is 3.18. The maximum atomic E-state index is 10.9. The molecule has 7 N–H and O–H groups in total. The van der Waals surface area contributed by atoms with Crippen molar-refractivity contribution in [2.24, 2.45) is 0 Å². The Balaban J connectivity index is 0.000000178. The molecule has 0 aliphatic carbocycles. The monoisotopic (exact) mass is 472 g/mol. The standard InChI is InChI=1S/2C7H6N2.C7H6O6S.H2O/c2*1-2-4-7-6(3-1)8-5-9-7;8-6-2-1-4(14(11,12)13)3-5(6)7(9)10;/h2*1-5H,(H,8,9);1-3,8H,(H,9,10)(H,11,12,13);1H2. The van der Waals surface area contributed by atoms with Crippen LogP contribution in [0.1, 0.15) is 10.4 Å². The number of H-pyrrole nitrogens is 4. The number of para-hydroxylation sites is 4. The first-order chi connectivity index (χ1) is 15.3. The van der Waals surface area contributed by atoms with Crippen molar-refractivity contribution in [3.05, 3.63) is 84.9 Å². The zero-order valence-electron chi connectivity index (χ0n) is 16.9. The highest BCUT2D eigenvalue weighted by Gasteiger charge is 2.08. The summed E-state index contributed by atoms with van der Waals surface area (Å²) in [6.07, 6.45) is 3.65. The molecule has 5 rings (SSSR count). The van der Waals surface area contributed by atoms with E-state index in [1.807, 2.05) is 61.2 Å². The molecule has 12 heteroatoms. The van der Waals surface area contributed by atoms with Crippen LogP contribution in [-0.2, 0) is 10.1 Å². The Morgan fingerprint density at radius 1 is 0.848 bits per heavy atom. The van der Waals surface area contributed by atoms with Crippen molar-refractivity contribution < 1.29 is 43.4 Å². The highest BCUT2D eigenvalue weighted by atomic mass is 32.2. The predicted molar refractivity (Wildman–Crippen MR) is 114 cm³/mol. The van der Waals surface area contributed by atoms with Crippen LogP contribution in [0.2, 0.25) is 0 Å². The average molecular weight is 472 g/mol. The molecule has 0 saturated heterocycles. The van der Waals surface area contributed by atoms with Crippen LogP contribution < -0.4 is 15.1 Å². The molecule has 11 nitrogen and oxygen atoms in total. The van der Waals surface area contributed by atoms with Gasteiger partial charge in [0.1, 0.15) is 10.1 Å². The third-order valence-electron chi connectivity index (χ3n) is 4.23. The van der Waals surface area contributed by atoms with E-state index in [-0.39, 0.29) is 5.48 Å². The summed E-state index contributed by atoms with van der Waals surface area (Å²) in [6.45, 7) is 0. The number of carboxylic acids is 1. The smallest absolute Gasteiger partial charge is 0.335 e. The van der Waals surface area contributed by atoms with Crippen molar-refractivity contribution in [2.45, 2.75) is 4.90 Å². The van der Waals surface area contributed by atoms with E-state index in [4.69, 9.17) is 5.11 Å². The van der Waals surface area contributed by atoms with Gasteiger partial charge in [-0.2, -0.15) is 0 Å². The van der Waals surface area contributed by atoms with Gasteiger partial charge in [-0.1, -0.05) is 36.1 Å². The van der Waals surface area contributed by atoms with Crippen molar-refractivity contribution in [1.29, 1.82) is 0 Å². The number of nitrogens with one attached hydrogen (secondary N) is 4. The second-order valence-electron chi connectivity index (χ2n) is 6.37.